The van der Waals surface area contributed by atoms with Crippen molar-refractivity contribution in [3.05, 3.63) is 182 Å². The Morgan fingerprint density at radius 3 is 1.98 bits per heavy atom. The van der Waals surface area contributed by atoms with Gasteiger partial charge in [0.05, 0.1) is 11.0 Å². The van der Waals surface area contributed by atoms with Gasteiger partial charge in [-0.05, 0) is 24.3 Å². The van der Waals surface area contributed by atoms with E-state index in [2.05, 4.69) is 185 Å². The first-order valence-corrected chi connectivity index (χ1v) is 19.3. The van der Waals surface area contributed by atoms with Crippen molar-refractivity contribution in [3.8, 4) is 16.8 Å². The number of fused-ring (bicyclic) bond motifs is 9. The van der Waals surface area contributed by atoms with Crippen LogP contribution < -0.4 is 4.90 Å². The minimum atomic E-state index is 0.362. The molecule has 0 atom stereocenters. The normalized spacial score (nSPS) is 11.8. The Bertz CT molecular complexity index is 3130. The second-order valence-corrected chi connectivity index (χ2v) is 15.6. The van der Waals surface area contributed by atoms with Gasteiger partial charge < -0.3 is 4.57 Å². The van der Waals surface area contributed by atoms with Crippen LogP contribution in [0.15, 0.2) is 186 Å². The van der Waals surface area contributed by atoms with Crippen LogP contribution in [0, 0.1) is 0 Å². The van der Waals surface area contributed by atoms with Gasteiger partial charge in [-0.3, -0.25) is 0 Å². The van der Waals surface area contributed by atoms with Crippen molar-refractivity contribution in [2.75, 3.05) is 4.90 Å². The average Bonchev–Trinajstić information content (AvgIpc) is 3.88. The summed E-state index contributed by atoms with van der Waals surface area (Å²) < 4.78 is 11.9. The topological polar surface area (TPSA) is 21.3 Å². The van der Waals surface area contributed by atoms with Gasteiger partial charge in [-0.2, -0.15) is 0 Å². The summed E-state index contributed by atoms with van der Waals surface area (Å²) in [6, 6.07) is 65.8. The summed E-state index contributed by atoms with van der Waals surface area (Å²) in [7, 11) is 0. The Morgan fingerprint density at radius 2 is 1.10 bits per heavy atom. The summed E-state index contributed by atoms with van der Waals surface area (Å²) in [6.45, 7) is 0. The standard InChI is InChI=1S/C48H30N2OSe/c1-2-11-33(12-3-1)50-42-17-7-4-13-36(42)40-30-35(26-27-43(40)50)49(44-18-10-16-39-37-14-5-8-19-45(37)51-48(39)44)34-24-21-31(22-25-34)32-23-28-47-41(29-32)38-15-6-9-20-46(38)52-47/h1-30H. The van der Waals surface area contributed by atoms with E-state index in [1.54, 1.807) is 0 Å². The fourth-order valence-electron chi connectivity index (χ4n) is 8.00. The molecule has 244 valence electrons. The quantitative estimate of drug-likeness (QED) is 0.165. The van der Waals surface area contributed by atoms with Crippen molar-refractivity contribution < 1.29 is 4.42 Å². The predicted molar refractivity (Wildman–Crippen MR) is 220 cm³/mol. The van der Waals surface area contributed by atoms with E-state index in [0.717, 1.165) is 44.7 Å². The number of aromatic nitrogens is 1. The molecule has 11 aromatic rings. The van der Waals surface area contributed by atoms with Gasteiger partial charge in [0.15, 0.2) is 0 Å². The van der Waals surface area contributed by atoms with E-state index >= 15 is 0 Å². The maximum absolute atomic E-state index is 6.65. The number of hydrogen-bond donors (Lipinski definition) is 0. The molecule has 0 saturated carbocycles. The predicted octanol–water partition coefficient (Wildman–Crippen LogP) is 13.2. The molecule has 0 aliphatic rings. The molecule has 0 N–H and O–H groups in total. The fourth-order valence-corrected chi connectivity index (χ4v) is 10.3. The van der Waals surface area contributed by atoms with Gasteiger partial charge in [-0.25, -0.2) is 0 Å². The van der Waals surface area contributed by atoms with Crippen LogP contribution in [-0.2, 0) is 0 Å². The first-order valence-electron chi connectivity index (χ1n) is 17.6. The zero-order chi connectivity index (χ0) is 34.2. The third-order valence-corrected chi connectivity index (χ3v) is 12.8. The third-order valence-electron chi connectivity index (χ3n) is 10.4. The second kappa shape index (κ2) is 11.6. The van der Waals surface area contributed by atoms with Gasteiger partial charge >= 0.3 is 185 Å². The van der Waals surface area contributed by atoms with Crippen LogP contribution in [0.25, 0.3) is 79.9 Å². The van der Waals surface area contributed by atoms with Crippen LogP contribution in [0.4, 0.5) is 17.1 Å². The summed E-state index contributed by atoms with van der Waals surface area (Å²) >= 11 is 0.362. The molecule has 0 bridgehead atoms. The molecule has 0 aliphatic carbocycles. The number of para-hydroxylation sites is 4. The zero-order valence-corrected chi connectivity index (χ0v) is 29.7. The van der Waals surface area contributed by atoms with E-state index in [-0.39, 0.29) is 0 Å². The van der Waals surface area contributed by atoms with Gasteiger partial charge in [0.25, 0.3) is 0 Å². The second-order valence-electron chi connectivity index (χ2n) is 13.3. The summed E-state index contributed by atoms with van der Waals surface area (Å²) in [6.07, 6.45) is 0. The van der Waals surface area contributed by atoms with Crippen LogP contribution in [0.5, 0.6) is 0 Å². The molecule has 0 saturated heterocycles. The van der Waals surface area contributed by atoms with E-state index in [9.17, 15) is 0 Å². The Kier molecular flexibility index (Phi) is 6.57. The maximum atomic E-state index is 6.65. The molecule has 3 aromatic heterocycles. The van der Waals surface area contributed by atoms with E-state index in [1.165, 1.54) is 52.2 Å². The summed E-state index contributed by atoms with van der Waals surface area (Å²) in [4.78, 5) is 2.35. The zero-order valence-electron chi connectivity index (χ0n) is 28.0. The first-order chi connectivity index (χ1) is 25.8. The molecule has 0 aliphatic heterocycles. The SMILES string of the molecule is c1ccc(-n2c3ccccc3c3cc(N(c4ccc(-c5ccc6[se]c7ccccc7c6c5)cc4)c4cccc5c4oc4ccccc45)ccc32)cc1. The van der Waals surface area contributed by atoms with Crippen molar-refractivity contribution >= 4 is 94.6 Å². The van der Waals surface area contributed by atoms with Gasteiger partial charge in [0.2, 0.25) is 0 Å². The first kappa shape index (κ1) is 29.4. The number of rotatable bonds is 5. The molecule has 8 aromatic carbocycles. The van der Waals surface area contributed by atoms with Crippen molar-refractivity contribution in [2.45, 2.75) is 0 Å². The number of nitrogens with zero attached hydrogens (tertiary/aromatic N) is 2. The molecule has 0 spiro atoms. The van der Waals surface area contributed by atoms with Gasteiger partial charge in [0, 0.05) is 16.5 Å². The van der Waals surface area contributed by atoms with Crippen molar-refractivity contribution in [1.29, 1.82) is 0 Å². The molecule has 0 amide bonds. The molecule has 11 rings (SSSR count). The Labute approximate surface area is 305 Å². The summed E-state index contributed by atoms with van der Waals surface area (Å²) in [5.74, 6) is 0. The molecule has 4 heteroatoms. The minimum absolute atomic E-state index is 0.362. The molecule has 0 fully saturated rings. The van der Waals surface area contributed by atoms with Crippen LogP contribution in [0.1, 0.15) is 0 Å². The molecule has 0 radical (unpaired) electrons. The number of furan rings is 1. The Hall–Kier alpha value is -6.32. The monoisotopic (exact) mass is 730 g/mol. The van der Waals surface area contributed by atoms with Crippen molar-refractivity contribution in [3.63, 3.8) is 0 Å². The Balaban J connectivity index is 1.11. The van der Waals surface area contributed by atoms with E-state index < -0.39 is 0 Å². The minimum Gasteiger partial charge on any atom is -0.0602 e. The van der Waals surface area contributed by atoms with Crippen LogP contribution in [0.2, 0.25) is 0 Å². The molecule has 3 nitrogen and oxygen atoms in total. The smallest absolute Gasteiger partial charge is 0.0602 e. The van der Waals surface area contributed by atoms with E-state index in [1.807, 2.05) is 6.07 Å². The van der Waals surface area contributed by atoms with E-state index in [4.69, 9.17) is 4.42 Å². The number of anilines is 3. The molecule has 52 heavy (non-hydrogen) atoms. The van der Waals surface area contributed by atoms with Gasteiger partial charge in [0.1, 0.15) is 5.58 Å². The van der Waals surface area contributed by atoms with Gasteiger partial charge in [-0.1, -0.05) is 60.7 Å². The van der Waals surface area contributed by atoms with Crippen molar-refractivity contribution in [2.24, 2.45) is 0 Å². The Morgan fingerprint density at radius 1 is 0.423 bits per heavy atom. The van der Waals surface area contributed by atoms with Crippen LogP contribution >= 0.6 is 0 Å². The average molecular weight is 730 g/mol. The molecule has 0 unspecified atom stereocenters. The summed E-state index contributed by atoms with van der Waals surface area (Å²) in [5.41, 5.74) is 10.9. The van der Waals surface area contributed by atoms with Crippen LogP contribution in [0.3, 0.4) is 0 Å². The number of benzene rings is 8. The van der Waals surface area contributed by atoms with Crippen LogP contribution in [-0.4, -0.2) is 19.1 Å². The van der Waals surface area contributed by atoms with Gasteiger partial charge in [-0.15, -0.1) is 0 Å². The molecule has 3 heterocycles. The molecular formula is C48H30N2OSe. The molecular weight excluding hydrogens is 700 g/mol. The summed E-state index contributed by atoms with van der Waals surface area (Å²) in [5, 5.41) is 7.41. The van der Waals surface area contributed by atoms with E-state index in [0.29, 0.717) is 14.5 Å². The number of hydrogen-bond acceptors (Lipinski definition) is 2. The third kappa shape index (κ3) is 4.52. The fraction of sp³-hybridized carbons (Fsp3) is 0. The van der Waals surface area contributed by atoms with Crippen molar-refractivity contribution in [1.82, 2.24) is 4.57 Å².